The van der Waals surface area contributed by atoms with Crippen molar-refractivity contribution in [2.24, 2.45) is 5.92 Å². The van der Waals surface area contributed by atoms with Crippen LogP contribution in [0.4, 0.5) is 0 Å². The van der Waals surface area contributed by atoms with Crippen LogP contribution in [0.5, 0.6) is 0 Å². The minimum absolute atomic E-state index is 0.0648. The number of aliphatic hydroxyl groups is 1. The molecule has 0 saturated heterocycles. The molecule has 0 aliphatic rings. The molecule has 0 aromatic rings. The monoisotopic (exact) mass is 232 g/mol. The molecule has 0 amide bonds. The minimum atomic E-state index is -0.102. The first kappa shape index (κ1) is 15.9. The Labute approximate surface area is 100 Å². The molecule has 98 valence electrons. The van der Waals surface area contributed by atoms with E-state index in [0.29, 0.717) is 18.6 Å². The van der Waals surface area contributed by atoms with Crippen LogP contribution in [0.3, 0.4) is 0 Å². The van der Waals surface area contributed by atoms with Gasteiger partial charge in [0.1, 0.15) is 0 Å². The summed E-state index contributed by atoms with van der Waals surface area (Å²) in [5, 5.41) is 8.84. The van der Waals surface area contributed by atoms with E-state index in [1.807, 2.05) is 13.8 Å². The Morgan fingerprint density at radius 3 is 2.06 bits per heavy atom. The highest BCUT2D eigenvalue weighted by atomic mass is 16.5. The smallest absolute Gasteiger partial charge is 0.0784 e. The van der Waals surface area contributed by atoms with Gasteiger partial charge in [0, 0.05) is 0 Å². The van der Waals surface area contributed by atoms with Crippen molar-refractivity contribution in [3.05, 3.63) is 0 Å². The van der Waals surface area contributed by atoms with Crippen LogP contribution < -0.4 is 0 Å². The molecule has 0 aromatic carbocycles. The van der Waals surface area contributed by atoms with Gasteiger partial charge in [-0.3, -0.25) is 0 Å². The van der Waals surface area contributed by atoms with E-state index in [-0.39, 0.29) is 18.8 Å². The van der Waals surface area contributed by atoms with Crippen molar-refractivity contribution < 1.29 is 14.6 Å². The maximum atomic E-state index is 8.84. The molecule has 0 aliphatic heterocycles. The molecule has 0 aromatic heterocycles. The fourth-order valence-corrected chi connectivity index (χ4v) is 1.59. The second-order valence-electron chi connectivity index (χ2n) is 4.61. The highest BCUT2D eigenvalue weighted by Gasteiger charge is 2.17. The van der Waals surface area contributed by atoms with Gasteiger partial charge in [-0.25, -0.2) is 0 Å². The molecule has 0 heterocycles. The Morgan fingerprint density at radius 2 is 1.62 bits per heavy atom. The number of hydrogen-bond acceptors (Lipinski definition) is 3. The van der Waals surface area contributed by atoms with Crippen LogP contribution in [0.25, 0.3) is 0 Å². The number of aliphatic hydroxyl groups excluding tert-OH is 1. The third-order valence-corrected chi connectivity index (χ3v) is 2.96. The van der Waals surface area contributed by atoms with E-state index in [0.717, 1.165) is 12.8 Å². The molecule has 0 saturated carbocycles. The molecule has 3 nitrogen and oxygen atoms in total. The van der Waals surface area contributed by atoms with Gasteiger partial charge in [0.15, 0.2) is 0 Å². The minimum Gasteiger partial charge on any atom is -0.394 e. The van der Waals surface area contributed by atoms with Crippen molar-refractivity contribution in [3.63, 3.8) is 0 Å². The van der Waals surface area contributed by atoms with E-state index in [9.17, 15) is 0 Å². The summed E-state index contributed by atoms with van der Waals surface area (Å²) in [6.07, 6.45) is 2.48. The normalized spacial score (nSPS) is 19.1. The SMILES string of the molecule is CCC(C)C(CC)OC(C)COC(C)CO. The predicted octanol–water partition coefficient (Wildman–Crippen LogP) is 2.61. The fraction of sp³-hybridized carbons (Fsp3) is 1.00. The van der Waals surface area contributed by atoms with Gasteiger partial charge >= 0.3 is 0 Å². The lowest BCUT2D eigenvalue weighted by molar-refractivity contribution is -0.0871. The zero-order valence-corrected chi connectivity index (χ0v) is 11.4. The fourth-order valence-electron chi connectivity index (χ4n) is 1.59. The van der Waals surface area contributed by atoms with Crippen molar-refractivity contribution in [1.29, 1.82) is 0 Å². The van der Waals surface area contributed by atoms with Crippen LogP contribution >= 0.6 is 0 Å². The summed E-state index contributed by atoms with van der Waals surface area (Å²) in [6, 6.07) is 0. The van der Waals surface area contributed by atoms with Crippen LogP contribution in [0, 0.1) is 5.92 Å². The standard InChI is InChI=1S/C13H28O3/c1-6-10(3)13(7-2)16-12(5)9-15-11(4)8-14/h10-14H,6-9H2,1-5H3. The highest BCUT2D eigenvalue weighted by molar-refractivity contribution is 4.65. The molecule has 3 heteroatoms. The average Bonchev–Trinajstić information content (AvgIpc) is 2.31. The number of hydrogen-bond donors (Lipinski definition) is 1. The lowest BCUT2D eigenvalue weighted by atomic mass is 10.00. The van der Waals surface area contributed by atoms with Crippen molar-refractivity contribution >= 4 is 0 Å². The second-order valence-corrected chi connectivity index (χ2v) is 4.61. The van der Waals surface area contributed by atoms with Crippen LogP contribution in [0.2, 0.25) is 0 Å². The molecule has 0 rings (SSSR count). The Balaban J connectivity index is 3.86. The first-order valence-electron chi connectivity index (χ1n) is 6.42. The predicted molar refractivity (Wildman–Crippen MR) is 66.6 cm³/mol. The zero-order valence-electron chi connectivity index (χ0n) is 11.4. The van der Waals surface area contributed by atoms with Gasteiger partial charge in [-0.1, -0.05) is 27.2 Å². The molecule has 0 spiro atoms. The van der Waals surface area contributed by atoms with E-state index >= 15 is 0 Å². The van der Waals surface area contributed by atoms with Gasteiger partial charge in [0.2, 0.25) is 0 Å². The third-order valence-electron chi connectivity index (χ3n) is 2.96. The highest BCUT2D eigenvalue weighted by Crippen LogP contribution is 2.16. The van der Waals surface area contributed by atoms with Gasteiger partial charge in [-0.2, -0.15) is 0 Å². The molecule has 0 fully saturated rings. The summed E-state index contributed by atoms with van der Waals surface area (Å²) in [7, 11) is 0. The molecular formula is C13H28O3. The van der Waals surface area contributed by atoms with E-state index in [1.165, 1.54) is 0 Å². The molecule has 0 radical (unpaired) electrons. The maximum absolute atomic E-state index is 8.84. The van der Waals surface area contributed by atoms with Gasteiger partial charge in [-0.15, -0.1) is 0 Å². The summed E-state index contributed by atoms with van der Waals surface area (Å²) >= 11 is 0. The Bertz CT molecular complexity index is 161. The van der Waals surface area contributed by atoms with Crippen LogP contribution in [0.15, 0.2) is 0 Å². The topological polar surface area (TPSA) is 38.7 Å². The van der Waals surface area contributed by atoms with Gasteiger partial charge in [0.05, 0.1) is 31.5 Å². The summed E-state index contributed by atoms with van der Waals surface area (Å²) in [5.41, 5.74) is 0. The maximum Gasteiger partial charge on any atom is 0.0784 e. The Hall–Kier alpha value is -0.120. The van der Waals surface area contributed by atoms with Crippen LogP contribution in [-0.4, -0.2) is 36.6 Å². The van der Waals surface area contributed by atoms with E-state index in [1.54, 1.807) is 0 Å². The molecule has 0 aliphatic carbocycles. The molecule has 4 atom stereocenters. The summed E-state index contributed by atoms with van der Waals surface area (Å²) < 4.78 is 11.4. The van der Waals surface area contributed by atoms with E-state index in [2.05, 4.69) is 20.8 Å². The number of ether oxygens (including phenoxy) is 2. The molecular weight excluding hydrogens is 204 g/mol. The van der Waals surface area contributed by atoms with Crippen molar-refractivity contribution in [2.75, 3.05) is 13.2 Å². The van der Waals surface area contributed by atoms with Gasteiger partial charge < -0.3 is 14.6 Å². The van der Waals surface area contributed by atoms with E-state index < -0.39 is 0 Å². The van der Waals surface area contributed by atoms with Crippen molar-refractivity contribution in [3.8, 4) is 0 Å². The lowest BCUT2D eigenvalue weighted by Crippen LogP contribution is -2.29. The summed E-state index contributed by atoms with van der Waals surface area (Å²) in [4.78, 5) is 0. The Kier molecular flexibility index (Phi) is 8.90. The molecule has 0 bridgehead atoms. The van der Waals surface area contributed by atoms with Crippen molar-refractivity contribution in [2.45, 2.75) is 65.8 Å². The first-order valence-corrected chi connectivity index (χ1v) is 6.42. The molecule has 16 heavy (non-hydrogen) atoms. The molecule has 4 unspecified atom stereocenters. The van der Waals surface area contributed by atoms with Crippen LogP contribution in [0.1, 0.15) is 47.5 Å². The molecule has 1 N–H and O–H groups in total. The summed E-state index contributed by atoms with van der Waals surface area (Å²) in [6.45, 7) is 11.1. The van der Waals surface area contributed by atoms with Crippen molar-refractivity contribution in [1.82, 2.24) is 0 Å². The zero-order chi connectivity index (χ0) is 12.6. The lowest BCUT2D eigenvalue weighted by Gasteiger charge is -2.26. The van der Waals surface area contributed by atoms with Crippen LogP contribution in [-0.2, 0) is 9.47 Å². The number of rotatable bonds is 9. The first-order chi connectivity index (χ1) is 7.54. The average molecular weight is 232 g/mol. The Morgan fingerprint density at radius 1 is 1.00 bits per heavy atom. The third kappa shape index (κ3) is 6.46. The van der Waals surface area contributed by atoms with Gasteiger partial charge in [-0.05, 0) is 26.2 Å². The summed E-state index contributed by atoms with van der Waals surface area (Å²) in [5.74, 6) is 0.586. The van der Waals surface area contributed by atoms with E-state index in [4.69, 9.17) is 14.6 Å². The largest absolute Gasteiger partial charge is 0.394 e. The second kappa shape index (κ2) is 8.97. The quantitative estimate of drug-likeness (QED) is 0.664. The van der Waals surface area contributed by atoms with Gasteiger partial charge in [0.25, 0.3) is 0 Å².